The van der Waals surface area contributed by atoms with Crippen molar-refractivity contribution in [2.75, 3.05) is 0 Å². The van der Waals surface area contributed by atoms with Crippen LogP contribution in [0.5, 0.6) is 11.5 Å². The van der Waals surface area contributed by atoms with Gasteiger partial charge in [-0.2, -0.15) is 17.6 Å². The molecule has 0 saturated heterocycles. The molecule has 0 bridgehead atoms. The van der Waals surface area contributed by atoms with Crippen LogP contribution in [-0.4, -0.2) is 29.0 Å². The molecule has 0 aliphatic carbocycles. The molecular formula is C27H19ClF4N2O3. The van der Waals surface area contributed by atoms with Gasteiger partial charge in [-0.1, -0.05) is 17.7 Å². The van der Waals surface area contributed by atoms with Crippen LogP contribution in [0.4, 0.5) is 17.6 Å². The molecule has 0 radical (unpaired) electrons. The van der Waals surface area contributed by atoms with E-state index in [1.54, 1.807) is 60.9 Å². The molecule has 2 heterocycles. The number of hydrogen-bond acceptors (Lipinski definition) is 5. The summed E-state index contributed by atoms with van der Waals surface area (Å²) < 4.78 is 60.3. The number of alkyl halides is 4. The number of ether oxygens (including phenoxy) is 2. The Morgan fingerprint density at radius 3 is 2.08 bits per heavy atom. The van der Waals surface area contributed by atoms with Crippen LogP contribution in [0.15, 0.2) is 85.3 Å². The molecule has 0 aliphatic heterocycles. The van der Waals surface area contributed by atoms with E-state index in [1.165, 1.54) is 18.3 Å². The zero-order valence-electron chi connectivity index (χ0n) is 19.0. The van der Waals surface area contributed by atoms with Crippen molar-refractivity contribution in [3.05, 3.63) is 118 Å². The number of benzene rings is 2. The molecule has 4 rings (SSSR count). The van der Waals surface area contributed by atoms with Crippen molar-refractivity contribution in [3.8, 4) is 11.5 Å². The molecule has 1 unspecified atom stereocenters. The summed E-state index contributed by atoms with van der Waals surface area (Å²) in [5.41, 5.74) is 2.65. The molecule has 0 spiro atoms. The molecule has 5 nitrogen and oxygen atoms in total. The molecule has 0 saturated carbocycles. The fourth-order valence-electron chi connectivity index (χ4n) is 3.78. The highest BCUT2D eigenvalue weighted by Crippen LogP contribution is 2.36. The van der Waals surface area contributed by atoms with E-state index in [1.807, 2.05) is 0 Å². The van der Waals surface area contributed by atoms with Gasteiger partial charge in [-0.3, -0.25) is 14.8 Å². The van der Waals surface area contributed by atoms with Crippen molar-refractivity contribution in [1.82, 2.24) is 9.97 Å². The number of nitrogens with zero attached hydrogens (tertiary/aromatic N) is 2. The summed E-state index contributed by atoms with van der Waals surface area (Å²) in [4.78, 5) is 21.3. The second-order valence-electron chi connectivity index (χ2n) is 7.88. The van der Waals surface area contributed by atoms with Gasteiger partial charge >= 0.3 is 13.2 Å². The standard InChI is InChI=1S/C27H19ClF4N2O3/c28-20-5-1-17(2-6-20)25(35)19-3-7-22(34-15-19)21(13-16-9-11-33-12-10-16)18-4-8-23(36-26(29)30)24(14-18)37-27(31)32/h1-12,14-15,21,26-27H,13H2. The first kappa shape index (κ1) is 26.1. The average molecular weight is 531 g/mol. The van der Waals surface area contributed by atoms with Crippen molar-refractivity contribution in [3.63, 3.8) is 0 Å². The van der Waals surface area contributed by atoms with Gasteiger partial charge in [0.15, 0.2) is 17.3 Å². The summed E-state index contributed by atoms with van der Waals surface area (Å²) in [5.74, 6) is -1.79. The summed E-state index contributed by atoms with van der Waals surface area (Å²) in [6, 6.07) is 17.2. The number of rotatable bonds is 10. The summed E-state index contributed by atoms with van der Waals surface area (Å²) in [6.07, 6.45) is 5.02. The molecule has 37 heavy (non-hydrogen) atoms. The Kier molecular flexibility index (Phi) is 8.35. The summed E-state index contributed by atoms with van der Waals surface area (Å²) in [5, 5.41) is 0.504. The van der Waals surface area contributed by atoms with Gasteiger partial charge in [0.2, 0.25) is 0 Å². The third-order valence-corrected chi connectivity index (χ3v) is 5.76. The Hall–Kier alpha value is -3.98. The quantitative estimate of drug-likeness (QED) is 0.164. The second kappa shape index (κ2) is 11.8. The summed E-state index contributed by atoms with van der Waals surface area (Å²) in [7, 11) is 0. The van der Waals surface area contributed by atoms with Crippen molar-refractivity contribution in [1.29, 1.82) is 0 Å². The molecule has 2 aromatic heterocycles. The second-order valence-corrected chi connectivity index (χ2v) is 8.32. The third kappa shape index (κ3) is 6.83. The lowest BCUT2D eigenvalue weighted by Gasteiger charge is -2.20. The topological polar surface area (TPSA) is 61.3 Å². The largest absolute Gasteiger partial charge is 0.431 e. The molecule has 0 amide bonds. The zero-order chi connectivity index (χ0) is 26.4. The van der Waals surface area contributed by atoms with Crippen LogP contribution in [0.3, 0.4) is 0 Å². The summed E-state index contributed by atoms with van der Waals surface area (Å²) >= 11 is 5.89. The van der Waals surface area contributed by atoms with Gasteiger partial charge in [0.25, 0.3) is 0 Å². The van der Waals surface area contributed by atoms with Gasteiger partial charge in [0.05, 0.1) is 0 Å². The molecule has 10 heteroatoms. The van der Waals surface area contributed by atoms with E-state index in [4.69, 9.17) is 11.6 Å². The van der Waals surface area contributed by atoms with Crippen LogP contribution in [0.2, 0.25) is 5.02 Å². The number of carbonyl (C=O) groups is 1. The highest BCUT2D eigenvalue weighted by atomic mass is 35.5. The summed E-state index contributed by atoms with van der Waals surface area (Å²) in [6.45, 7) is -6.46. The number of carbonyl (C=O) groups excluding carboxylic acids is 1. The number of ketones is 1. The van der Waals surface area contributed by atoms with E-state index in [2.05, 4.69) is 19.4 Å². The molecule has 0 N–H and O–H groups in total. The predicted octanol–water partition coefficient (Wildman–Crippen LogP) is 6.94. The van der Waals surface area contributed by atoms with Crippen LogP contribution < -0.4 is 9.47 Å². The van der Waals surface area contributed by atoms with Gasteiger partial charge in [-0.05, 0) is 78.2 Å². The van der Waals surface area contributed by atoms with Gasteiger partial charge in [0, 0.05) is 46.4 Å². The molecule has 190 valence electrons. The normalized spacial score (nSPS) is 12.0. The van der Waals surface area contributed by atoms with Crippen molar-refractivity contribution >= 4 is 17.4 Å². The number of aromatic nitrogens is 2. The number of pyridine rings is 2. The maximum atomic E-state index is 13.0. The Balaban J connectivity index is 1.70. The Morgan fingerprint density at radius 1 is 0.811 bits per heavy atom. The van der Waals surface area contributed by atoms with E-state index < -0.39 is 30.6 Å². The van der Waals surface area contributed by atoms with Crippen molar-refractivity contribution < 1.29 is 31.8 Å². The molecule has 0 aliphatic rings. The van der Waals surface area contributed by atoms with E-state index in [-0.39, 0.29) is 5.78 Å². The number of hydrogen-bond donors (Lipinski definition) is 0. The van der Waals surface area contributed by atoms with E-state index in [0.717, 1.165) is 11.6 Å². The average Bonchev–Trinajstić information content (AvgIpc) is 2.89. The van der Waals surface area contributed by atoms with Crippen molar-refractivity contribution in [2.45, 2.75) is 25.6 Å². The van der Waals surface area contributed by atoms with Crippen molar-refractivity contribution in [2.24, 2.45) is 0 Å². The minimum Gasteiger partial charge on any atom is -0.431 e. The van der Waals surface area contributed by atoms with Crippen LogP contribution in [-0.2, 0) is 6.42 Å². The SMILES string of the molecule is O=C(c1ccc(Cl)cc1)c1ccc(C(Cc2ccncc2)c2ccc(OC(F)F)c(OC(F)F)c2)nc1. The zero-order valence-corrected chi connectivity index (χ0v) is 19.8. The van der Waals surface area contributed by atoms with Crippen LogP contribution in [0.1, 0.15) is 38.7 Å². The Morgan fingerprint density at radius 2 is 1.46 bits per heavy atom. The maximum Gasteiger partial charge on any atom is 0.387 e. The third-order valence-electron chi connectivity index (χ3n) is 5.50. The van der Waals surface area contributed by atoms with Crippen LogP contribution >= 0.6 is 11.6 Å². The van der Waals surface area contributed by atoms with Crippen LogP contribution in [0.25, 0.3) is 0 Å². The van der Waals surface area contributed by atoms with E-state index >= 15 is 0 Å². The molecule has 2 aromatic carbocycles. The molecular weight excluding hydrogens is 512 g/mol. The van der Waals surface area contributed by atoms with E-state index in [9.17, 15) is 22.4 Å². The van der Waals surface area contributed by atoms with Crippen LogP contribution in [0, 0.1) is 0 Å². The molecule has 4 aromatic rings. The minimum atomic E-state index is -3.25. The Bertz CT molecular complexity index is 1340. The smallest absolute Gasteiger partial charge is 0.387 e. The van der Waals surface area contributed by atoms with E-state index in [0.29, 0.717) is 33.8 Å². The van der Waals surface area contributed by atoms with Gasteiger partial charge in [-0.25, -0.2) is 0 Å². The monoisotopic (exact) mass is 530 g/mol. The minimum absolute atomic E-state index is 0.248. The predicted molar refractivity (Wildman–Crippen MR) is 129 cm³/mol. The lowest BCUT2D eigenvalue weighted by atomic mass is 9.88. The first-order valence-corrected chi connectivity index (χ1v) is 11.4. The lowest BCUT2D eigenvalue weighted by Crippen LogP contribution is -2.11. The first-order valence-electron chi connectivity index (χ1n) is 11.0. The van der Waals surface area contributed by atoms with Gasteiger partial charge < -0.3 is 9.47 Å². The molecule has 0 fully saturated rings. The van der Waals surface area contributed by atoms with Gasteiger partial charge in [-0.15, -0.1) is 0 Å². The fraction of sp³-hybridized carbons (Fsp3) is 0.148. The fourth-order valence-corrected chi connectivity index (χ4v) is 3.91. The highest BCUT2D eigenvalue weighted by Gasteiger charge is 2.22. The maximum absolute atomic E-state index is 13.0. The van der Waals surface area contributed by atoms with Gasteiger partial charge in [0.1, 0.15) is 0 Å². The lowest BCUT2D eigenvalue weighted by molar-refractivity contribution is -0.0692. The molecule has 1 atom stereocenters. The Labute approximate surface area is 214 Å². The number of halogens is 5. The first-order chi connectivity index (χ1) is 17.8. The highest BCUT2D eigenvalue weighted by molar-refractivity contribution is 6.30.